The number of carbonyl (C=O) groups is 2. The summed E-state index contributed by atoms with van der Waals surface area (Å²) in [4.78, 5) is 27.1. The minimum atomic E-state index is -0.412. The van der Waals surface area contributed by atoms with Crippen molar-refractivity contribution >= 4 is 11.9 Å². The van der Waals surface area contributed by atoms with Crippen LogP contribution < -0.4 is 0 Å². The van der Waals surface area contributed by atoms with Crippen LogP contribution in [0.4, 0.5) is 0 Å². The summed E-state index contributed by atoms with van der Waals surface area (Å²) in [5.74, 6) is -0.0778. The number of esters is 1. The zero-order chi connectivity index (χ0) is 21.5. The fourth-order valence-electron chi connectivity index (χ4n) is 3.85. The van der Waals surface area contributed by atoms with Gasteiger partial charge in [-0.3, -0.25) is 4.79 Å². The van der Waals surface area contributed by atoms with E-state index in [1.807, 2.05) is 35.2 Å². The first kappa shape index (κ1) is 22.1. The van der Waals surface area contributed by atoms with E-state index in [-0.39, 0.29) is 11.8 Å². The van der Waals surface area contributed by atoms with E-state index in [9.17, 15) is 9.59 Å². The minimum Gasteiger partial charge on any atom is -0.461 e. The van der Waals surface area contributed by atoms with E-state index in [2.05, 4.69) is 18.9 Å². The summed E-state index contributed by atoms with van der Waals surface area (Å²) in [6.07, 6.45) is 6.75. The molecule has 162 valence electrons. The first-order chi connectivity index (χ1) is 14.5. The fourth-order valence-corrected chi connectivity index (χ4v) is 3.85. The van der Waals surface area contributed by atoms with Gasteiger partial charge in [0.05, 0.1) is 12.3 Å². The number of aromatic nitrogens is 2. The molecule has 6 heteroatoms. The van der Waals surface area contributed by atoms with Crippen LogP contribution in [0.25, 0.3) is 5.69 Å². The Morgan fingerprint density at radius 3 is 2.27 bits per heavy atom. The van der Waals surface area contributed by atoms with Gasteiger partial charge in [0.15, 0.2) is 5.69 Å². The third kappa shape index (κ3) is 5.10. The molecule has 1 unspecified atom stereocenters. The molecular formula is C24H33N3O3. The first-order valence-electron chi connectivity index (χ1n) is 11.2. The normalized spacial score (nSPS) is 15.9. The molecule has 0 spiro atoms. The molecular weight excluding hydrogens is 378 g/mol. The summed E-state index contributed by atoms with van der Waals surface area (Å²) in [6, 6.07) is 9.35. The maximum absolute atomic E-state index is 12.9. The second-order valence-corrected chi connectivity index (χ2v) is 8.00. The largest absolute Gasteiger partial charge is 0.461 e. The van der Waals surface area contributed by atoms with Gasteiger partial charge in [0.1, 0.15) is 0 Å². The number of benzene rings is 1. The van der Waals surface area contributed by atoms with Gasteiger partial charge in [0.2, 0.25) is 0 Å². The Kier molecular flexibility index (Phi) is 7.66. The average Bonchev–Trinajstić information content (AvgIpc) is 3.18. The van der Waals surface area contributed by atoms with Crippen LogP contribution in [0.3, 0.4) is 0 Å². The van der Waals surface area contributed by atoms with Gasteiger partial charge in [-0.25, -0.2) is 9.48 Å². The smallest absolute Gasteiger partial charge is 0.358 e. The second kappa shape index (κ2) is 10.4. The molecule has 1 aliphatic rings. The van der Waals surface area contributed by atoms with Crippen LogP contribution >= 0.6 is 0 Å². The molecule has 1 fully saturated rings. The number of carbonyl (C=O) groups excluding carboxylic acids is 2. The van der Waals surface area contributed by atoms with E-state index < -0.39 is 5.97 Å². The number of amides is 1. The highest BCUT2D eigenvalue weighted by molar-refractivity contribution is 5.94. The second-order valence-electron chi connectivity index (χ2n) is 8.00. The molecule has 1 aromatic carbocycles. The Morgan fingerprint density at radius 1 is 1.03 bits per heavy atom. The van der Waals surface area contributed by atoms with Gasteiger partial charge in [0.25, 0.3) is 5.91 Å². The Hall–Kier alpha value is -2.63. The highest BCUT2D eigenvalue weighted by Crippen LogP contribution is 2.24. The van der Waals surface area contributed by atoms with Crippen molar-refractivity contribution in [1.82, 2.24) is 14.7 Å². The monoisotopic (exact) mass is 411 g/mol. The van der Waals surface area contributed by atoms with Crippen molar-refractivity contribution in [2.24, 2.45) is 0 Å². The van der Waals surface area contributed by atoms with E-state index >= 15 is 0 Å². The van der Waals surface area contributed by atoms with E-state index in [1.54, 1.807) is 11.6 Å². The molecule has 1 atom stereocenters. The van der Waals surface area contributed by atoms with Gasteiger partial charge >= 0.3 is 5.97 Å². The molecule has 0 bridgehead atoms. The molecule has 3 rings (SSSR count). The lowest BCUT2D eigenvalue weighted by Gasteiger charge is -2.25. The molecule has 2 heterocycles. The van der Waals surface area contributed by atoms with Crippen molar-refractivity contribution in [3.05, 3.63) is 47.3 Å². The molecule has 1 saturated heterocycles. The molecule has 0 radical (unpaired) electrons. The predicted molar refractivity (Wildman–Crippen MR) is 117 cm³/mol. The lowest BCUT2D eigenvalue weighted by molar-refractivity contribution is 0.0518. The minimum absolute atomic E-state index is 0.0956. The van der Waals surface area contributed by atoms with Gasteiger partial charge in [-0.05, 0) is 62.4 Å². The van der Waals surface area contributed by atoms with Crippen LogP contribution in [0.15, 0.2) is 30.3 Å². The molecule has 0 saturated carbocycles. The van der Waals surface area contributed by atoms with Crippen LogP contribution in [0.2, 0.25) is 0 Å². The zero-order valence-corrected chi connectivity index (χ0v) is 18.4. The Balaban J connectivity index is 1.84. The fraction of sp³-hybridized carbons (Fsp3) is 0.542. The van der Waals surface area contributed by atoms with E-state index in [4.69, 9.17) is 4.74 Å². The summed E-state index contributed by atoms with van der Waals surface area (Å²) in [7, 11) is 0. The average molecular weight is 412 g/mol. The molecule has 30 heavy (non-hydrogen) atoms. The number of hydrogen-bond donors (Lipinski definition) is 0. The maximum atomic E-state index is 12.9. The van der Waals surface area contributed by atoms with Gasteiger partial charge in [-0.15, -0.1) is 0 Å². The SMILES string of the molecule is CCOC(=O)c1cc(C(C)CC)n(-c2ccc(C(=O)N3CCCCCCC3)cc2)n1. The summed E-state index contributed by atoms with van der Waals surface area (Å²) in [5, 5.41) is 4.50. The summed E-state index contributed by atoms with van der Waals surface area (Å²) in [6.45, 7) is 7.99. The predicted octanol–water partition coefficient (Wildman–Crippen LogP) is 4.97. The van der Waals surface area contributed by atoms with E-state index in [1.165, 1.54) is 19.3 Å². The Morgan fingerprint density at radius 2 is 1.67 bits per heavy atom. The quantitative estimate of drug-likeness (QED) is 0.630. The topological polar surface area (TPSA) is 64.4 Å². The Labute approximate surface area is 179 Å². The van der Waals surface area contributed by atoms with Crippen LogP contribution in [0.5, 0.6) is 0 Å². The number of hydrogen-bond acceptors (Lipinski definition) is 4. The third-order valence-corrected chi connectivity index (χ3v) is 5.84. The standard InChI is InChI=1S/C24H33N3O3/c1-4-18(3)22-17-21(24(29)30-5-2)25-27(22)20-13-11-19(12-14-20)23(28)26-15-9-7-6-8-10-16-26/h11-14,17-18H,4-10,15-16H2,1-3H3. The summed E-state index contributed by atoms with van der Waals surface area (Å²) in [5.41, 5.74) is 2.81. The third-order valence-electron chi connectivity index (χ3n) is 5.84. The lowest BCUT2D eigenvalue weighted by atomic mass is 10.0. The van der Waals surface area contributed by atoms with Crippen molar-refractivity contribution in [3.63, 3.8) is 0 Å². The Bertz CT molecular complexity index is 849. The van der Waals surface area contributed by atoms with Gasteiger partial charge in [0, 0.05) is 24.3 Å². The van der Waals surface area contributed by atoms with Gasteiger partial charge < -0.3 is 9.64 Å². The van der Waals surface area contributed by atoms with Crippen LogP contribution in [-0.4, -0.2) is 46.3 Å². The molecule has 6 nitrogen and oxygen atoms in total. The van der Waals surface area contributed by atoms with E-state index in [0.717, 1.165) is 43.7 Å². The van der Waals surface area contributed by atoms with Gasteiger partial charge in [-0.2, -0.15) is 5.10 Å². The van der Waals surface area contributed by atoms with Crippen molar-refractivity contribution in [1.29, 1.82) is 0 Å². The number of nitrogens with zero attached hydrogens (tertiary/aromatic N) is 3. The number of rotatable bonds is 6. The first-order valence-corrected chi connectivity index (χ1v) is 11.2. The number of likely N-dealkylation sites (tertiary alicyclic amines) is 1. The lowest BCUT2D eigenvalue weighted by Crippen LogP contribution is -2.33. The highest BCUT2D eigenvalue weighted by Gasteiger charge is 2.21. The van der Waals surface area contributed by atoms with E-state index in [0.29, 0.717) is 17.9 Å². The molecule has 0 N–H and O–H groups in total. The molecule has 2 aromatic rings. The van der Waals surface area contributed by atoms with Crippen molar-refractivity contribution in [3.8, 4) is 5.69 Å². The summed E-state index contributed by atoms with van der Waals surface area (Å²) < 4.78 is 6.91. The molecule has 0 aliphatic carbocycles. The molecule has 1 amide bonds. The maximum Gasteiger partial charge on any atom is 0.358 e. The van der Waals surface area contributed by atoms with Crippen molar-refractivity contribution in [2.45, 2.75) is 65.2 Å². The zero-order valence-electron chi connectivity index (χ0n) is 18.4. The van der Waals surface area contributed by atoms with Crippen LogP contribution in [-0.2, 0) is 4.74 Å². The van der Waals surface area contributed by atoms with Crippen LogP contribution in [0, 0.1) is 0 Å². The van der Waals surface area contributed by atoms with Gasteiger partial charge in [-0.1, -0.05) is 33.1 Å². The molecule has 1 aromatic heterocycles. The number of ether oxygens (including phenoxy) is 1. The highest BCUT2D eigenvalue weighted by atomic mass is 16.5. The van der Waals surface area contributed by atoms with Crippen molar-refractivity contribution < 1.29 is 14.3 Å². The van der Waals surface area contributed by atoms with Crippen molar-refractivity contribution in [2.75, 3.05) is 19.7 Å². The summed E-state index contributed by atoms with van der Waals surface area (Å²) >= 11 is 0. The molecule has 1 aliphatic heterocycles. The van der Waals surface area contributed by atoms with Crippen LogP contribution in [0.1, 0.15) is 91.8 Å².